The van der Waals surface area contributed by atoms with E-state index in [0.717, 1.165) is 22.4 Å². The summed E-state index contributed by atoms with van der Waals surface area (Å²) in [7, 11) is 0. The lowest BCUT2D eigenvalue weighted by atomic mass is 9.78. The van der Waals surface area contributed by atoms with Crippen LogP contribution in [0.1, 0.15) is 43.2 Å². The number of piperidine rings is 2. The average molecular weight is 584 g/mol. The highest BCUT2D eigenvalue weighted by Gasteiger charge is 2.60. The number of hydrogen-bond acceptors (Lipinski definition) is 5. The number of hydrogen-bond donors (Lipinski definition) is 1. The van der Waals surface area contributed by atoms with Crippen LogP contribution in [-0.4, -0.2) is 89.6 Å². The SMILES string of the molecule is O=C(O)C1CCN(Cc2cc(F)ccc2CN2CCC3(CCN(C(=O)OC(C(F)(F)F)C(F)(F)F)CC3)C2)CC1. The molecule has 3 fully saturated rings. The first-order valence-electron chi connectivity index (χ1n) is 13.2. The van der Waals surface area contributed by atoms with Crippen LogP contribution in [0.5, 0.6) is 0 Å². The van der Waals surface area contributed by atoms with Crippen molar-refractivity contribution in [1.29, 1.82) is 0 Å². The molecule has 224 valence electrons. The van der Waals surface area contributed by atoms with Crippen LogP contribution >= 0.6 is 0 Å². The number of carboxylic acid groups (broad SMARTS) is 1. The van der Waals surface area contributed by atoms with Gasteiger partial charge in [0.1, 0.15) is 5.82 Å². The molecule has 0 bridgehead atoms. The van der Waals surface area contributed by atoms with Crippen molar-refractivity contribution in [3.8, 4) is 0 Å². The molecule has 4 rings (SSSR count). The van der Waals surface area contributed by atoms with Crippen LogP contribution < -0.4 is 0 Å². The summed E-state index contributed by atoms with van der Waals surface area (Å²) < 4.78 is 94.5. The molecule has 3 heterocycles. The molecule has 1 aromatic carbocycles. The molecule has 0 radical (unpaired) electrons. The summed E-state index contributed by atoms with van der Waals surface area (Å²) in [6, 6.07) is 4.61. The Bertz CT molecular complexity index is 1050. The predicted octanol–water partition coefficient (Wildman–Crippen LogP) is 5.04. The summed E-state index contributed by atoms with van der Waals surface area (Å²) in [5.41, 5.74) is 1.52. The first-order chi connectivity index (χ1) is 18.6. The first-order valence-corrected chi connectivity index (χ1v) is 13.2. The lowest BCUT2D eigenvalue weighted by molar-refractivity contribution is -0.308. The van der Waals surface area contributed by atoms with E-state index >= 15 is 0 Å². The van der Waals surface area contributed by atoms with E-state index in [1.54, 1.807) is 6.07 Å². The van der Waals surface area contributed by atoms with E-state index in [4.69, 9.17) is 0 Å². The summed E-state index contributed by atoms with van der Waals surface area (Å²) in [6.07, 6.45) is -14.7. The van der Waals surface area contributed by atoms with E-state index in [1.165, 1.54) is 12.1 Å². The zero-order chi connectivity index (χ0) is 29.3. The van der Waals surface area contributed by atoms with Crippen LogP contribution in [0.2, 0.25) is 0 Å². The molecule has 1 N–H and O–H groups in total. The van der Waals surface area contributed by atoms with Crippen LogP contribution in [0, 0.1) is 17.2 Å². The second kappa shape index (κ2) is 11.7. The maximum atomic E-state index is 14.1. The van der Waals surface area contributed by atoms with Crippen molar-refractivity contribution in [3.05, 3.63) is 35.1 Å². The smallest absolute Gasteiger partial charge is 0.434 e. The Hall–Kier alpha value is -2.61. The molecule has 1 amide bonds. The summed E-state index contributed by atoms with van der Waals surface area (Å²) in [6.45, 7) is 3.54. The fourth-order valence-corrected chi connectivity index (χ4v) is 5.94. The van der Waals surface area contributed by atoms with E-state index < -0.39 is 30.5 Å². The number of ether oxygens (including phenoxy) is 1. The fourth-order valence-electron chi connectivity index (χ4n) is 5.94. The quantitative estimate of drug-likeness (QED) is 0.474. The fraction of sp³-hybridized carbons (Fsp3) is 0.692. The van der Waals surface area contributed by atoms with Gasteiger partial charge in [0.05, 0.1) is 5.92 Å². The lowest BCUT2D eigenvalue weighted by Gasteiger charge is -2.39. The molecule has 0 aromatic heterocycles. The van der Waals surface area contributed by atoms with Crippen molar-refractivity contribution < 1.29 is 50.2 Å². The number of nitrogens with zero attached hydrogens (tertiary/aromatic N) is 3. The molecule has 1 aromatic rings. The third-order valence-electron chi connectivity index (χ3n) is 8.31. The number of benzene rings is 1. The number of halogens is 7. The van der Waals surface area contributed by atoms with Crippen LogP contribution in [0.4, 0.5) is 35.5 Å². The van der Waals surface area contributed by atoms with Crippen LogP contribution in [0.25, 0.3) is 0 Å². The summed E-state index contributed by atoms with van der Waals surface area (Å²) in [5.74, 6) is -1.54. The Morgan fingerprint density at radius 1 is 0.900 bits per heavy atom. The van der Waals surface area contributed by atoms with Gasteiger partial charge in [0, 0.05) is 32.7 Å². The second-order valence-electron chi connectivity index (χ2n) is 11.1. The van der Waals surface area contributed by atoms with Gasteiger partial charge in [-0.2, -0.15) is 26.3 Å². The van der Waals surface area contributed by atoms with E-state index in [9.17, 15) is 45.4 Å². The number of carboxylic acids is 1. The van der Waals surface area contributed by atoms with E-state index in [2.05, 4.69) is 14.5 Å². The molecule has 3 aliphatic heterocycles. The number of carbonyl (C=O) groups excluding carboxylic acids is 1. The first kappa shape index (κ1) is 30.4. The third-order valence-corrected chi connectivity index (χ3v) is 8.31. The van der Waals surface area contributed by atoms with Gasteiger partial charge in [0.15, 0.2) is 0 Å². The summed E-state index contributed by atoms with van der Waals surface area (Å²) in [5, 5.41) is 9.21. The molecule has 1 spiro atoms. The molecular weight excluding hydrogens is 551 g/mol. The van der Waals surface area contributed by atoms with Crippen LogP contribution in [0.15, 0.2) is 18.2 Å². The number of amides is 1. The minimum atomic E-state index is -5.76. The maximum absolute atomic E-state index is 14.1. The highest BCUT2D eigenvalue weighted by molar-refractivity contribution is 5.70. The van der Waals surface area contributed by atoms with Crippen molar-refractivity contribution in [1.82, 2.24) is 14.7 Å². The molecule has 7 nitrogen and oxygen atoms in total. The maximum Gasteiger partial charge on any atom is 0.434 e. The largest absolute Gasteiger partial charge is 0.481 e. The highest BCUT2D eigenvalue weighted by Crippen LogP contribution is 2.42. The van der Waals surface area contributed by atoms with Gasteiger partial charge in [-0.15, -0.1) is 0 Å². The minimum absolute atomic E-state index is 0.0107. The minimum Gasteiger partial charge on any atom is -0.481 e. The second-order valence-corrected chi connectivity index (χ2v) is 11.1. The molecular formula is C26H32F7N3O4. The third kappa shape index (κ3) is 7.36. The summed E-state index contributed by atoms with van der Waals surface area (Å²) >= 11 is 0. The Kier molecular flexibility index (Phi) is 8.88. The number of alkyl halides is 6. The normalized spacial score (nSPS) is 21.4. The number of likely N-dealkylation sites (tertiary alicyclic amines) is 3. The average Bonchev–Trinajstić information content (AvgIpc) is 3.25. The number of aliphatic carboxylic acids is 1. The van der Waals surface area contributed by atoms with Gasteiger partial charge in [-0.1, -0.05) is 6.07 Å². The molecule has 40 heavy (non-hydrogen) atoms. The van der Waals surface area contributed by atoms with Gasteiger partial charge >= 0.3 is 24.4 Å². The van der Waals surface area contributed by atoms with Crippen molar-refractivity contribution in [3.63, 3.8) is 0 Å². The zero-order valence-electron chi connectivity index (χ0n) is 21.7. The van der Waals surface area contributed by atoms with Crippen molar-refractivity contribution in [2.75, 3.05) is 39.3 Å². The van der Waals surface area contributed by atoms with Gasteiger partial charge in [0.25, 0.3) is 6.10 Å². The number of rotatable bonds is 6. The van der Waals surface area contributed by atoms with Gasteiger partial charge in [-0.25, -0.2) is 9.18 Å². The van der Waals surface area contributed by atoms with Gasteiger partial charge in [0.2, 0.25) is 0 Å². The Morgan fingerprint density at radius 3 is 2.05 bits per heavy atom. The predicted molar refractivity (Wildman–Crippen MR) is 128 cm³/mol. The topological polar surface area (TPSA) is 73.3 Å². The van der Waals surface area contributed by atoms with Gasteiger partial charge in [-0.05, 0) is 80.4 Å². The monoisotopic (exact) mass is 583 g/mol. The molecule has 0 aliphatic carbocycles. The molecule has 0 saturated carbocycles. The Labute approximate surface area is 226 Å². The van der Waals surface area contributed by atoms with Crippen molar-refractivity contribution in [2.24, 2.45) is 11.3 Å². The molecule has 0 atom stereocenters. The van der Waals surface area contributed by atoms with Gasteiger partial charge < -0.3 is 14.7 Å². The van der Waals surface area contributed by atoms with Crippen molar-refractivity contribution >= 4 is 12.1 Å². The zero-order valence-corrected chi connectivity index (χ0v) is 21.7. The summed E-state index contributed by atoms with van der Waals surface area (Å²) in [4.78, 5) is 28.5. The Morgan fingerprint density at radius 2 is 1.48 bits per heavy atom. The highest BCUT2D eigenvalue weighted by atomic mass is 19.4. The molecule has 0 unspecified atom stereocenters. The van der Waals surface area contributed by atoms with E-state index in [0.29, 0.717) is 65.0 Å². The van der Waals surface area contributed by atoms with Crippen molar-refractivity contribution in [2.45, 2.75) is 63.7 Å². The van der Waals surface area contributed by atoms with E-state index in [-0.39, 0.29) is 30.2 Å². The standard InChI is InChI=1S/C26H32F7N3O4/c27-20-2-1-18(19(13-20)15-34-8-3-17(4-9-34)21(37)38)14-35-10-5-24(16-35)6-11-36(12-7-24)23(39)40-22(25(28,29)30)26(31,32)33/h1-2,13,17,22H,3-12,14-16H2,(H,37,38). The molecule has 3 saturated heterocycles. The lowest BCUT2D eigenvalue weighted by Crippen LogP contribution is -2.50. The van der Waals surface area contributed by atoms with E-state index in [1.807, 2.05) is 0 Å². The Balaban J connectivity index is 1.31. The molecule has 3 aliphatic rings. The van der Waals surface area contributed by atoms with Crippen LogP contribution in [-0.2, 0) is 22.6 Å². The number of carbonyl (C=O) groups is 2. The van der Waals surface area contributed by atoms with Crippen LogP contribution in [0.3, 0.4) is 0 Å². The van der Waals surface area contributed by atoms with Gasteiger partial charge in [-0.3, -0.25) is 14.6 Å². The molecule has 14 heteroatoms.